The molecule has 2 amide bonds. The molecule has 1 spiro atoms. The summed E-state index contributed by atoms with van der Waals surface area (Å²) < 4.78 is 13.3. The molecule has 2 aromatic rings. The minimum absolute atomic E-state index is 0.0331. The van der Waals surface area contributed by atoms with E-state index < -0.39 is 11.7 Å². The van der Waals surface area contributed by atoms with Gasteiger partial charge in [-0.05, 0) is 48.9 Å². The van der Waals surface area contributed by atoms with Crippen LogP contribution in [0.3, 0.4) is 0 Å². The molecule has 2 aliphatic rings. The van der Waals surface area contributed by atoms with Crippen molar-refractivity contribution in [3.63, 3.8) is 0 Å². The van der Waals surface area contributed by atoms with Crippen molar-refractivity contribution in [3.8, 4) is 0 Å². The van der Waals surface area contributed by atoms with Crippen LogP contribution >= 0.6 is 0 Å². The minimum atomic E-state index is -0.654. The molecule has 1 aromatic heterocycles. The van der Waals surface area contributed by atoms with Gasteiger partial charge in [-0.1, -0.05) is 6.07 Å². The summed E-state index contributed by atoms with van der Waals surface area (Å²) >= 11 is 0. The second-order valence-electron chi connectivity index (χ2n) is 6.92. The van der Waals surface area contributed by atoms with Crippen molar-refractivity contribution >= 4 is 17.5 Å². The highest BCUT2D eigenvalue weighted by molar-refractivity contribution is 6.04. The first-order valence-corrected chi connectivity index (χ1v) is 8.52. The van der Waals surface area contributed by atoms with E-state index in [9.17, 15) is 19.2 Å². The van der Waals surface area contributed by atoms with E-state index in [2.05, 4.69) is 10.3 Å². The van der Waals surface area contributed by atoms with Crippen molar-refractivity contribution < 1.29 is 19.2 Å². The summed E-state index contributed by atoms with van der Waals surface area (Å²) in [6.07, 6.45) is 5.16. The Morgan fingerprint density at radius 1 is 1.23 bits per heavy atom. The summed E-state index contributed by atoms with van der Waals surface area (Å²) in [5, 5.41) is 13.4. The van der Waals surface area contributed by atoms with Crippen LogP contribution in [0.2, 0.25) is 0 Å². The molecule has 6 nitrogen and oxygen atoms in total. The average molecular weight is 355 g/mol. The highest BCUT2D eigenvalue weighted by atomic mass is 19.1. The third-order valence-corrected chi connectivity index (χ3v) is 5.35. The Hall–Kier alpha value is -2.80. The first-order chi connectivity index (χ1) is 12.5. The molecule has 1 aliphatic heterocycles. The van der Waals surface area contributed by atoms with Crippen LogP contribution in [-0.4, -0.2) is 28.6 Å². The number of benzene rings is 1. The number of hydrogen-bond acceptors (Lipinski definition) is 4. The van der Waals surface area contributed by atoms with Gasteiger partial charge in [0, 0.05) is 18.2 Å². The molecule has 1 aromatic carbocycles. The quantitative estimate of drug-likeness (QED) is 0.639. The van der Waals surface area contributed by atoms with Crippen LogP contribution in [-0.2, 0) is 17.6 Å². The summed E-state index contributed by atoms with van der Waals surface area (Å²) in [6, 6.07) is 6.24. The number of rotatable bonds is 2. The molecule has 1 atom stereocenters. The molecule has 0 unspecified atom stereocenters. The molecule has 2 heterocycles. The third kappa shape index (κ3) is 2.74. The molecular weight excluding hydrogens is 337 g/mol. The van der Waals surface area contributed by atoms with Crippen molar-refractivity contribution in [2.45, 2.75) is 25.7 Å². The number of nitrogens with zero attached hydrogens (tertiary/aromatic N) is 2. The van der Waals surface area contributed by atoms with Crippen LogP contribution in [0.15, 0.2) is 36.7 Å². The second-order valence-corrected chi connectivity index (χ2v) is 6.92. The fraction of sp³-hybridized carbons (Fsp3) is 0.316. The molecular formula is C19H18FN3O3. The molecule has 2 N–H and O–H groups in total. The maximum atomic E-state index is 13.3. The molecule has 7 heteroatoms. The lowest BCUT2D eigenvalue weighted by Gasteiger charge is -2.32. The van der Waals surface area contributed by atoms with E-state index in [4.69, 9.17) is 0 Å². The normalized spacial score (nSPS) is 21.4. The second kappa shape index (κ2) is 6.17. The molecule has 134 valence electrons. The number of hydroxylamine groups is 1. The number of hydrogen-bond donors (Lipinski definition) is 2. The minimum Gasteiger partial charge on any atom is -0.356 e. The number of nitrogens with one attached hydrogen (secondary N) is 1. The van der Waals surface area contributed by atoms with Crippen molar-refractivity contribution in [1.29, 1.82) is 0 Å². The van der Waals surface area contributed by atoms with Gasteiger partial charge >= 0.3 is 0 Å². The Kier molecular flexibility index (Phi) is 3.96. The van der Waals surface area contributed by atoms with E-state index in [1.165, 1.54) is 6.20 Å². The first-order valence-electron chi connectivity index (χ1n) is 8.52. The van der Waals surface area contributed by atoms with E-state index >= 15 is 0 Å². The number of pyridine rings is 1. The fourth-order valence-corrected chi connectivity index (χ4v) is 3.87. The molecule has 1 saturated heterocycles. The largest absolute Gasteiger partial charge is 0.356 e. The van der Waals surface area contributed by atoms with E-state index in [0.717, 1.165) is 36.2 Å². The van der Waals surface area contributed by atoms with Gasteiger partial charge in [-0.25, -0.2) is 4.39 Å². The number of amides is 2. The number of carbonyl (C=O) groups excluding carboxylic acids is 2. The summed E-state index contributed by atoms with van der Waals surface area (Å²) in [7, 11) is 0. The molecule has 0 saturated carbocycles. The van der Waals surface area contributed by atoms with Crippen molar-refractivity contribution in [3.05, 3.63) is 59.2 Å². The molecule has 0 radical (unpaired) electrons. The molecule has 4 rings (SSSR count). The lowest BCUT2D eigenvalue weighted by molar-refractivity contribution is -0.128. The number of anilines is 1. The van der Waals surface area contributed by atoms with Crippen LogP contribution in [0, 0.1) is 11.2 Å². The Balaban J connectivity index is 1.58. The zero-order valence-corrected chi connectivity index (χ0v) is 14.0. The predicted molar refractivity (Wildman–Crippen MR) is 91.3 cm³/mol. The van der Waals surface area contributed by atoms with Gasteiger partial charge in [-0.15, -0.1) is 0 Å². The zero-order valence-electron chi connectivity index (χ0n) is 14.0. The molecule has 26 heavy (non-hydrogen) atoms. The molecule has 1 aliphatic carbocycles. The number of fused-ring (bicyclic) bond motifs is 1. The standard InChI is InChI=1S/C19H18FN3O3/c20-15-8-16(11-21-10-15)23(26)17(24)13-1-2-14-9-19(4-3-12(14)7-13)5-6-22-18(19)25/h1-2,7-8,10-11,26H,3-6,9H2,(H,22,25)/t19-/m1/s1. The van der Waals surface area contributed by atoms with Crippen LogP contribution in [0.5, 0.6) is 0 Å². The van der Waals surface area contributed by atoms with Crippen molar-refractivity contribution in [2.24, 2.45) is 5.41 Å². The SMILES string of the molecule is O=C(c1ccc2c(c1)CC[C@@]1(CCNC1=O)C2)N(O)c1cncc(F)c1. The van der Waals surface area contributed by atoms with Gasteiger partial charge < -0.3 is 5.32 Å². The molecule has 1 fully saturated rings. The monoisotopic (exact) mass is 355 g/mol. The number of aromatic nitrogens is 1. The predicted octanol–water partition coefficient (Wildman–Crippen LogP) is 2.25. The van der Waals surface area contributed by atoms with Crippen molar-refractivity contribution in [1.82, 2.24) is 10.3 Å². The maximum Gasteiger partial charge on any atom is 0.282 e. The van der Waals surface area contributed by atoms with Gasteiger partial charge in [0.2, 0.25) is 5.91 Å². The van der Waals surface area contributed by atoms with Crippen LogP contribution < -0.4 is 10.4 Å². The van der Waals surface area contributed by atoms with Gasteiger partial charge in [0.1, 0.15) is 5.82 Å². The number of carbonyl (C=O) groups is 2. The summed E-state index contributed by atoms with van der Waals surface area (Å²) in [6.45, 7) is 0.714. The zero-order chi connectivity index (χ0) is 18.3. The smallest absolute Gasteiger partial charge is 0.282 e. The van der Waals surface area contributed by atoms with E-state index in [1.54, 1.807) is 12.1 Å². The van der Waals surface area contributed by atoms with Gasteiger partial charge in [0.25, 0.3) is 5.91 Å². The average Bonchev–Trinajstić information content (AvgIpc) is 3.00. The van der Waals surface area contributed by atoms with E-state index in [0.29, 0.717) is 30.0 Å². The van der Waals surface area contributed by atoms with Gasteiger partial charge in [0.05, 0.1) is 23.5 Å². The van der Waals surface area contributed by atoms with Crippen LogP contribution in [0.4, 0.5) is 10.1 Å². The van der Waals surface area contributed by atoms with Gasteiger partial charge in [0.15, 0.2) is 0 Å². The maximum absolute atomic E-state index is 13.3. The van der Waals surface area contributed by atoms with Crippen LogP contribution in [0.1, 0.15) is 34.3 Å². The summed E-state index contributed by atoms with van der Waals surface area (Å²) in [5.41, 5.74) is 2.01. The summed E-state index contributed by atoms with van der Waals surface area (Å²) in [5.74, 6) is -1.18. The lowest BCUT2D eigenvalue weighted by atomic mass is 9.70. The fourth-order valence-electron chi connectivity index (χ4n) is 3.87. The van der Waals surface area contributed by atoms with Crippen LogP contribution in [0.25, 0.3) is 0 Å². The topological polar surface area (TPSA) is 82.5 Å². The van der Waals surface area contributed by atoms with E-state index in [-0.39, 0.29) is 17.0 Å². The molecule has 0 bridgehead atoms. The van der Waals surface area contributed by atoms with Gasteiger partial charge in [-0.3, -0.25) is 19.8 Å². The highest BCUT2D eigenvalue weighted by Crippen LogP contribution is 2.41. The Morgan fingerprint density at radius 2 is 2.08 bits per heavy atom. The number of aryl methyl sites for hydroxylation is 1. The summed E-state index contributed by atoms with van der Waals surface area (Å²) in [4.78, 5) is 28.3. The highest BCUT2D eigenvalue weighted by Gasteiger charge is 2.44. The Morgan fingerprint density at radius 3 is 2.81 bits per heavy atom. The first kappa shape index (κ1) is 16.7. The lowest BCUT2D eigenvalue weighted by Crippen LogP contribution is -2.36. The Bertz CT molecular complexity index is 901. The number of halogens is 1. The Labute approximate surface area is 149 Å². The van der Waals surface area contributed by atoms with Crippen molar-refractivity contribution in [2.75, 3.05) is 11.6 Å². The van der Waals surface area contributed by atoms with E-state index in [1.807, 2.05) is 6.07 Å². The third-order valence-electron chi connectivity index (χ3n) is 5.35. The van der Waals surface area contributed by atoms with Gasteiger partial charge in [-0.2, -0.15) is 5.06 Å².